The molecule has 0 aromatic heterocycles. The van der Waals surface area contributed by atoms with Crippen LogP contribution >= 0.6 is 27.5 Å². The quantitative estimate of drug-likeness (QED) is 0.353. The molecule has 4 rings (SSSR count). The molecule has 0 spiro atoms. The number of nitrogens with one attached hydrogen (secondary N) is 1. The Hall–Kier alpha value is -2.82. The Labute approximate surface area is 176 Å². The largest absolute Gasteiger partial charge is 0.455 e. The zero-order valence-electron chi connectivity index (χ0n) is 14.7. The second kappa shape index (κ2) is 8.05. The van der Waals surface area contributed by atoms with E-state index in [9.17, 15) is 4.79 Å². The van der Waals surface area contributed by atoms with Gasteiger partial charge in [-0.15, -0.1) is 0 Å². The van der Waals surface area contributed by atoms with E-state index in [1.165, 1.54) is 0 Å². The summed E-state index contributed by atoms with van der Waals surface area (Å²) in [5, 5.41) is 5.42. The molecular formula is C23H15BrClNO2. The van der Waals surface area contributed by atoms with Crippen LogP contribution in [0.2, 0.25) is 5.02 Å². The van der Waals surface area contributed by atoms with E-state index in [1.54, 1.807) is 30.3 Å². The third kappa shape index (κ3) is 3.88. The van der Waals surface area contributed by atoms with Gasteiger partial charge in [-0.25, -0.2) is 0 Å². The Balaban J connectivity index is 1.55. The molecule has 0 atom stereocenters. The van der Waals surface area contributed by atoms with Crippen molar-refractivity contribution in [1.82, 2.24) is 0 Å². The third-order valence-electron chi connectivity index (χ3n) is 4.27. The Bertz CT molecular complexity index is 1160. The summed E-state index contributed by atoms with van der Waals surface area (Å²) in [7, 11) is 0. The van der Waals surface area contributed by atoms with Crippen molar-refractivity contribution in [3.8, 4) is 11.5 Å². The lowest BCUT2D eigenvalue weighted by Gasteiger charge is -2.12. The summed E-state index contributed by atoms with van der Waals surface area (Å²) < 4.78 is 6.87. The Morgan fingerprint density at radius 1 is 0.857 bits per heavy atom. The van der Waals surface area contributed by atoms with Crippen molar-refractivity contribution in [3.05, 3.63) is 100.0 Å². The lowest BCUT2D eigenvalue weighted by molar-refractivity contribution is 0.102. The smallest absolute Gasteiger partial charge is 0.255 e. The molecule has 0 saturated carbocycles. The van der Waals surface area contributed by atoms with Gasteiger partial charge in [0.2, 0.25) is 0 Å². The Morgan fingerprint density at radius 2 is 1.57 bits per heavy atom. The molecule has 0 bridgehead atoms. The van der Waals surface area contributed by atoms with E-state index in [2.05, 4.69) is 21.2 Å². The SMILES string of the molecule is O=C(Nc1ccc(Oc2ccc3ccccc3c2Br)c(Cl)c1)c1ccccc1. The average molecular weight is 453 g/mol. The van der Waals surface area contributed by atoms with Crippen molar-refractivity contribution in [3.63, 3.8) is 0 Å². The normalized spacial score (nSPS) is 10.6. The van der Waals surface area contributed by atoms with Gasteiger partial charge in [-0.05, 0) is 63.1 Å². The highest BCUT2D eigenvalue weighted by Gasteiger charge is 2.11. The first kappa shape index (κ1) is 18.5. The molecule has 28 heavy (non-hydrogen) atoms. The average Bonchev–Trinajstić information content (AvgIpc) is 2.72. The standard InChI is InChI=1S/C23H15BrClNO2/c24-22-18-9-5-4-6-15(18)10-12-21(22)28-20-13-11-17(14-19(20)25)26-23(27)16-7-2-1-3-8-16/h1-14H,(H,26,27). The molecule has 0 unspecified atom stereocenters. The van der Waals surface area contributed by atoms with Gasteiger partial charge in [-0.1, -0.05) is 60.1 Å². The number of hydrogen-bond donors (Lipinski definition) is 1. The van der Waals surface area contributed by atoms with Crippen molar-refractivity contribution in [2.24, 2.45) is 0 Å². The number of benzene rings is 4. The van der Waals surface area contributed by atoms with E-state index in [1.807, 2.05) is 54.6 Å². The molecule has 4 aromatic carbocycles. The fourth-order valence-electron chi connectivity index (χ4n) is 2.87. The summed E-state index contributed by atoms with van der Waals surface area (Å²) >= 11 is 10.00. The van der Waals surface area contributed by atoms with Gasteiger partial charge in [0.1, 0.15) is 11.5 Å². The molecule has 1 N–H and O–H groups in total. The minimum absolute atomic E-state index is 0.192. The number of hydrogen-bond acceptors (Lipinski definition) is 2. The number of anilines is 1. The van der Waals surface area contributed by atoms with E-state index in [-0.39, 0.29) is 5.91 Å². The summed E-state index contributed by atoms with van der Waals surface area (Å²) in [6, 6.07) is 26.1. The molecule has 0 saturated heterocycles. The van der Waals surface area contributed by atoms with Crippen molar-refractivity contribution in [1.29, 1.82) is 0 Å². The van der Waals surface area contributed by atoms with Gasteiger partial charge < -0.3 is 10.1 Å². The summed E-state index contributed by atoms with van der Waals surface area (Å²) in [5.74, 6) is 0.986. The van der Waals surface area contributed by atoms with Gasteiger partial charge in [-0.3, -0.25) is 4.79 Å². The summed E-state index contributed by atoms with van der Waals surface area (Å²) in [4.78, 5) is 12.3. The van der Waals surface area contributed by atoms with Gasteiger partial charge >= 0.3 is 0 Å². The van der Waals surface area contributed by atoms with Crippen molar-refractivity contribution in [2.75, 3.05) is 5.32 Å². The second-order valence-corrected chi connectivity index (χ2v) is 7.37. The van der Waals surface area contributed by atoms with E-state index >= 15 is 0 Å². The lowest BCUT2D eigenvalue weighted by Crippen LogP contribution is -2.11. The zero-order chi connectivity index (χ0) is 19.5. The van der Waals surface area contributed by atoms with E-state index in [4.69, 9.17) is 16.3 Å². The molecule has 4 aromatic rings. The Morgan fingerprint density at radius 3 is 2.36 bits per heavy atom. The fraction of sp³-hybridized carbons (Fsp3) is 0. The minimum Gasteiger partial charge on any atom is -0.455 e. The first-order chi connectivity index (χ1) is 13.6. The van der Waals surface area contributed by atoms with Crippen LogP contribution in [0.3, 0.4) is 0 Å². The van der Waals surface area contributed by atoms with Crippen LogP contribution in [0.5, 0.6) is 11.5 Å². The number of carbonyl (C=O) groups excluding carboxylic acids is 1. The molecular weight excluding hydrogens is 438 g/mol. The van der Waals surface area contributed by atoms with Gasteiger partial charge in [0.05, 0.1) is 9.50 Å². The predicted octanol–water partition coefficient (Wildman–Crippen LogP) is 7.30. The lowest BCUT2D eigenvalue weighted by atomic mass is 10.1. The van der Waals surface area contributed by atoms with Crippen molar-refractivity contribution < 1.29 is 9.53 Å². The number of carbonyl (C=O) groups is 1. The molecule has 0 aliphatic rings. The topological polar surface area (TPSA) is 38.3 Å². The maximum absolute atomic E-state index is 12.3. The van der Waals surface area contributed by atoms with E-state index < -0.39 is 0 Å². The molecule has 0 aliphatic carbocycles. The van der Waals surface area contributed by atoms with Crippen LogP contribution in [0.25, 0.3) is 10.8 Å². The maximum Gasteiger partial charge on any atom is 0.255 e. The number of amides is 1. The Kier molecular flexibility index (Phi) is 5.33. The summed E-state index contributed by atoms with van der Waals surface area (Å²) in [6.07, 6.45) is 0. The molecule has 0 aliphatic heterocycles. The number of rotatable bonds is 4. The van der Waals surface area contributed by atoms with E-state index in [0.717, 1.165) is 15.2 Å². The van der Waals surface area contributed by atoms with Crippen LogP contribution < -0.4 is 10.1 Å². The molecule has 5 heteroatoms. The summed E-state index contributed by atoms with van der Waals surface area (Å²) in [6.45, 7) is 0. The predicted molar refractivity (Wildman–Crippen MR) is 118 cm³/mol. The first-order valence-electron chi connectivity index (χ1n) is 8.63. The maximum atomic E-state index is 12.3. The number of ether oxygens (including phenoxy) is 1. The van der Waals surface area contributed by atoms with Crippen molar-refractivity contribution >= 4 is 49.9 Å². The van der Waals surface area contributed by atoms with Gasteiger partial charge in [0, 0.05) is 11.3 Å². The van der Waals surface area contributed by atoms with Gasteiger partial charge in [0.25, 0.3) is 5.91 Å². The number of fused-ring (bicyclic) bond motifs is 1. The first-order valence-corrected chi connectivity index (χ1v) is 9.80. The minimum atomic E-state index is -0.192. The number of halogens is 2. The van der Waals surface area contributed by atoms with Crippen LogP contribution in [-0.2, 0) is 0 Å². The van der Waals surface area contributed by atoms with Crippen LogP contribution in [-0.4, -0.2) is 5.91 Å². The molecule has 0 heterocycles. The fourth-order valence-corrected chi connectivity index (χ4v) is 3.66. The molecule has 138 valence electrons. The van der Waals surface area contributed by atoms with Gasteiger partial charge in [0.15, 0.2) is 0 Å². The second-order valence-electron chi connectivity index (χ2n) is 6.17. The highest BCUT2D eigenvalue weighted by molar-refractivity contribution is 9.10. The molecule has 0 fully saturated rings. The molecule has 0 radical (unpaired) electrons. The highest BCUT2D eigenvalue weighted by atomic mass is 79.9. The van der Waals surface area contributed by atoms with Crippen molar-refractivity contribution in [2.45, 2.75) is 0 Å². The third-order valence-corrected chi connectivity index (χ3v) is 5.39. The van der Waals surface area contributed by atoms with Crippen LogP contribution in [0.15, 0.2) is 89.4 Å². The molecule has 3 nitrogen and oxygen atoms in total. The van der Waals surface area contributed by atoms with Crippen LogP contribution in [0.4, 0.5) is 5.69 Å². The van der Waals surface area contributed by atoms with Crippen LogP contribution in [0.1, 0.15) is 10.4 Å². The zero-order valence-corrected chi connectivity index (χ0v) is 17.0. The summed E-state index contributed by atoms with van der Waals surface area (Å²) in [5.41, 5.74) is 1.18. The van der Waals surface area contributed by atoms with Gasteiger partial charge in [-0.2, -0.15) is 0 Å². The van der Waals surface area contributed by atoms with E-state index in [0.29, 0.717) is 27.8 Å². The molecule has 1 amide bonds. The highest BCUT2D eigenvalue weighted by Crippen LogP contribution is 2.38. The van der Waals surface area contributed by atoms with Crippen LogP contribution in [0, 0.1) is 0 Å². The monoisotopic (exact) mass is 451 g/mol.